The standard InChI is InChI=1S/C6H8BrNO3/c1-4-3-11-6(10)8(4)5(9)2-7/h4H,2-3H2,1H3. The molecule has 0 aliphatic carbocycles. The highest BCUT2D eigenvalue weighted by Crippen LogP contribution is 2.12. The number of carbonyl (C=O) groups is 2. The van der Waals surface area contributed by atoms with Crippen LogP contribution in [0.3, 0.4) is 0 Å². The Labute approximate surface area is 72.6 Å². The molecule has 1 atom stereocenters. The molecular formula is C6H8BrNO3. The van der Waals surface area contributed by atoms with Crippen LogP contribution < -0.4 is 0 Å². The molecule has 62 valence electrons. The molecule has 1 heterocycles. The fourth-order valence-electron chi connectivity index (χ4n) is 0.928. The molecule has 0 aromatic carbocycles. The van der Waals surface area contributed by atoms with E-state index in [0.717, 1.165) is 4.90 Å². The molecule has 5 heteroatoms. The van der Waals surface area contributed by atoms with E-state index >= 15 is 0 Å². The van der Waals surface area contributed by atoms with Crippen LogP contribution >= 0.6 is 15.9 Å². The van der Waals surface area contributed by atoms with Crippen LogP contribution in [0.5, 0.6) is 0 Å². The Morgan fingerprint density at radius 1 is 1.91 bits per heavy atom. The van der Waals surface area contributed by atoms with Crippen LogP contribution in [-0.4, -0.2) is 34.9 Å². The van der Waals surface area contributed by atoms with Crippen molar-refractivity contribution >= 4 is 27.9 Å². The maximum atomic E-state index is 11.0. The van der Waals surface area contributed by atoms with Gasteiger partial charge in [-0.3, -0.25) is 4.79 Å². The van der Waals surface area contributed by atoms with Crippen molar-refractivity contribution in [3.05, 3.63) is 0 Å². The van der Waals surface area contributed by atoms with Crippen molar-refractivity contribution in [1.82, 2.24) is 4.90 Å². The minimum atomic E-state index is -0.540. The van der Waals surface area contributed by atoms with Crippen molar-refractivity contribution in [2.24, 2.45) is 0 Å². The molecule has 2 amide bonds. The number of halogens is 1. The Kier molecular flexibility index (Phi) is 2.49. The van der Waals surface area contributed by atoms with Gasteiger partial charge in [-0.25, -0.2) is 9.69 Å². The van der Waals surface area contributed by atoms with Crippen LogP contribution in [0.4, 0.5) is 4.79 Å². The highest BCUT2D eigenvalue weighted by atomic mass is 79.9. The Hall–Kier alpha value is -0.580. The molecule has 0 saturated carbocycles. The summed E-state index contributed by atoms with van der Waals surface area (Å²) in [6.07, 6.45) is -0.540. The zero-order valence-electron chi connectivity index (χ0n) is 6.04. The van der Waals surface area contributed by atoms with Gasteiger partial charge in [-0.05, 0) is 6.92 Å². The highest BCUT2D eigenvalue weighted by Gasteiger charge is 2.33. The summed E-state index contributed by atoms with van der Waals surface area (Å²) >= 11 is 2.98. The molecule has 0 aromatic heterocycles. The van der Waals surface area contributed by atoms with Gasteiger partial charge in [0.25, 0.3) is 0 Å². The number of amides is 2. The Bertz CT molecular complexity index is 194. The fourth-order valence-corrected chi connectivity index (χ4v) is 1.20. The molecule has 0 aromatic rings. The summed E-state index contributed by atoms with van der Waals surface area (Å²) < 4.78 is 4.65. The zero-order valence-corrected chi connectivity index (χ0v) is 7.63. The van der Waals surface area contributed by atoms with Gasteiger partial charge < -0.3 is 4.74 Å². The maximum Gasteiger partial charge on any atom is 0.416 e. The van der Waals surface area contributed by atoms with Gasteiger partial charge in [-0.2, -0.15) is 0 Å². The summed E-state index contributed by atoms with van der Waals surface area (Å²) in [6, 6.07) is -0.132. The molecule has 1 saturated heterocycles. The second kappa shape index (κ2) is 3.21. The second-order valence-corrected chi connectivity index (χ2v) is 2.88. The summed E-state index contributed by atoms with van der Waals surface area (Å²) in [5.41, 5.74) is 0. The first-order valence-electron chi connectivity index (χ1n) is 3.21. The van der Waals surface area contributed by atoms with Crippen molar-refractivity contribution in [3.8, 4) is 0 Å². The lowest BCUT2D eigenvalue weighted by Gasteiger charge is -2.13. The van der Waals surface area contributed by atoms with Crippen molar-refractivity contribution in [3.63, 3.8) is 0 Å². The molecule has 1 fully saturated rings. The number of cyclic esters (lactones) is 1. The average Bonchev–Trinajstić information content (AvgIpc) is 2.30. The van der Waals surface area contributed by atoms with Gasteiger partial charge in [0.2, 0.25) is 5.91 Å². The number of rotatable bonds is 1. The number of nitrogens with zero attached hydrogens (tertiary/aromatic N) is 1. The van der Waals surface area contributed by atoms with Crippen LogP contribution in [0.25, 0.3) is 0 Å². The summed E-state index contributed by atoms with van der Waals surface area (Å²) in [7, 11) is 0. The van der Waals surface area contributed by atoms with E-state index in [4.69, 9.17) is 0 Å². The van der Waals surface area contributed by atoms with Crippen LogP contribution in [-0.2, 0) is 9.53 Å². The van der Waals surface area contributed by atoms with Gasteiger partial charge in [0.1, 0.15) is 6.61 Å². The Balaban J connectivity index is 2.68. The minimum Gasteiger partial charge on any atom is -0.447 e. The third-order valence-electron chi connectivity index (χ3n) is 1.47. The van der Waals surface area contributed by atoms with E-state index in [2.05, 4.69) is 20.7 Å². The van der Waals surface area contributed by atoms with E-state index in [0.29, 0.717) is 6.61 Å². The molecule has 1 rings (SSSR count). The average molecular weight is 222 g/mol. The molecule has 0 spiro atoms. The normalized spacial score (nSPS) is 23.6. The van der Waals surface area contributed by atoms with Gasteiger partial charge in [0.15, 0.2) is 0 Å². The summed E-state index contributed by atoms with van der Waals surface area (Å²) in [5.74, 6) is -0.250. The molecule has 0 N–H and O–H groups in total. The van der Waals surface area contributed by atoms with Crippen molar-refractivity contribution in [1.29, 1.82) is 0 Å². The van der Waals surface area contributed by atoms with Gasteiger partial charge in [-0.15, -0.1) is 0 Å². The van der Waals surface area contributed by atoms with Gasteiger partial charge >= 0.3 is 6.09 Å². The lowest BCUT2D eigenvalue weighted by molar-refractivity contribution is -0.126. The summed E-state index contributed by atoms with van der Waals surface area (Å²) in [5, 5.41) is 0.159. The number of ether oxygens (including phenoxy) is 1. The Morgan fingerprint density at radius 3 is 2.91 bits per heavy atom. The molecule has 1 aliphatic rings. The number of imide groups is 1. The third-order valence-corrected chi connectivity index (χ3v) is 1.95. The predicted octanol–water partition coefficient (Wildman–Crippen LogP) is 0.749. The highest BCUT2D eigenvalue weighted by molar-refractivity contribution is 9.09. The summed E-state index contributed by atoms with van der Waals surface area (Å²) in [4.78, 5) is 23.0. The van der Waals surface area contributed by atoms with E-state index in [9.17, 15) is 9.59 Å². The molecule has 1 aliphatic heterocycles. The largest absolute Gasteiger partial charge is 0.447 e. The Morgan fingerprint density at radius 2 is 2.55 bits per heavy atom. The number of carbonyl (C=O) groups excluding carboxylic acids is 2. The molecule has 11 heavy (non-hydrogen) atoms. The molecule has 0 radical (unpaired) electrons. The van der Waals surface area contributed by atoms with Crippen molar-refractivity contribution in [2.45, 2.75) is 13.0 Å². The van der Waals surface area contributed by atoms with Crippen molar-refractivity contribution in [2.75, 3.05) is 11.9 Å². The topological polar surface area (TPSA) is 46.6 Å². The SMILES string of the molecule is CC1COC(=O)N1C(=O)CBr. The first kappa shape index (κ1) is 8.52. The van der Waals surface area contributed by atoms with Crippen LogP contribution in [0.15, 0.2) is 0 Å². The number of hydrogen-bond donors (Lipinski definition) is 0. The maximum absolute atomic E-state index is 11.0. The minimum absolute atomic E-state index is 0.132. The second-order valence-electron chi connectivity index (χ2n) is 2.32. The third kappa shape index (κ3) is 1.53. The quantitative estimate of drug-likeness (QED) is 0.615. The first-order chi connectivity index (χ1) is 5.16. The summed E-state index contributed by atoms with van der Waals surface area (Å²) in [6.45, 7) is 2.07. The molecule has 1 unspecified atom stereocenters. The monoisotopic (exact) mass is 221 g/mol. The number of alkyl halides is 1. The van der Waals surface area contributed by atoms with E-state index in [-0.39, 0.29) is 17.3 Å². The van der Waals surface area contributed by atoms with E-state index < -0.39 is 6.09 Å². The number of hydrogen-bond acceptors (Lipinski definition) is 3. The lowest BCUT2D eigenvalue weighted by Crippen LogP contribution is -2.37. The van der Waals surface area contributed by atoms with Crippen LogP contribution in [0.1, 0.15) is 6.92 Å². The fraction of sp³-hybridized carbons (Fsp3) is 0.667. The zero-order chi connectivity index (χ0) is 8.43. The van der Waals surface area contributed by atoms with Crippen LogP contribution in [0, 0.1) is 0 Å². The smallest absolute Gasteiger partial charge is 0.416 e. The predicted molar refractivity (Wildman–Crippen MR) is 41.5 cm³/mol. The van der Waals surface area contributed by atoms with Gasteiger partial charge in [-0.1, -0.05) is 15.9 Å². The van der Waals surface area contributed by atoms with Crippen molar-refractivity contribution < 1.29 is 14.3 Å². The van der Waals surface area contributed by atoms with E-state index in [1.54, 1.807) is 6.92 Å². The molecule has 4 nitrogen and oxygen atoms in total. The van der Waals surface area contributed by atoms with Gasteiger partial charge in [0, 0.05) is 0 Å². The first-order valence-corrected chi connectivity index (χ1v) is 4.33. The molecular weight excluding hydrogens is 214 g/mol. The van der Waals surface area contributed by atoms with Crippen LogP contribution in [0.2, 0.25) is 0 Å². The van der Waals surface area contributed by atoms with E-state index in [1.807, 2.05) is 0 Å². The van der Waals surface area contributed by atoms with E-state index in [1.165, 1.54) is 0 Å². The molecule has 0 bridgehead atoms. The van der Waals surface area contributed by atoms with Gasteiger partial charge in [0.05, 0.1) is 11.4 Å². The lowest BCUT2D eigenvalue weighted by atomic mass is 10.3.